The second-order valence-corrected chi connectivity index (χ2v) is 6.54. The van der Waals surface area contributed by atoms with E-state index in [1.807, 2.05) is 13.8 Å². The molecule has 0 radical (unpaired) electrons. The average molecular weight is 300 g/mol. The standard InChI is InChI=1S/C14H20O5S/c1-4-5-10-14(3,13(15)16)19-20(17,18)12-8-6-11(2)7-9-12/h6-9H,4-5,10H2,1-3H3,(H,15,16). The summed E-state index contributed by atoms with van der Waals surface area (Å²) in [4.78, 5) is 11.3. The van der Waals surface area contributed by atoms with Crippen molar-refractivity contribution in [3.8, 4) is 0 Å². The molecule has 6 heteroatoms. The highest BCUT2D eigenvalue weighted by Crippen LogP contribution is 2.25. The van der Waals surface area contributed by atoms with Crippen molar-refractivity contribution in [2.45, 2.75) is 50.5 Å². The van der Waals surface area contributed by atoms with Crippen LogP contribution in [0.3, 0.4) is 0 Å². The van der Waals surface area contributed by atoms with E-state index in [2.05, 4.69) is 0 Å². The minimum Gasteiger partial charge on any atom is -0.479 e. The van der Waals surface area contributed by atoms with Crippen LogP contribution in [0.1, 0.15) is 38.7 Å². The predicted molar refractivity (Wildman–Crippen MR) is 75.0 cm³/mol. The molecule has 5 nitrogen and oxygen atoms in total. The van der Waals surface area contributed by atoms with Crippen molar-refractivity contribution in [2.24, 2.45) is 0 Å². The topological polar surface area (TPSA) is 80.7 Å². The van der Waals surface area contributed by atoms with Gasteiger partial charge in [0.15, 0.2) is 5.60 Å². The van der Waals surface area contributed by atoms with Crippen molar-refractivity contribution in [3.05, 3.63) is 29.8 Å². The normalized spacial score (nSPS) is 14.8. The number of aryl methyl sites for hydroxylation is 1. The molecule has 1 aromatic rings. The smallest absolute Gasteiger partial charge is 0.337 e. The van der Waals surface area contributed by atoms with Crippen LogP contribution in [0.25, 0.3) is 0 Å². The second kappa shape index (κ2) is 6.37. The highest BCUT2D eigenvalue weighted by Gasteiger charge is 2.39. The van der Waals surface area contributed by atoms with Gasteiger partial charge in [-0.05, 0) is 32.4 Å². The lowest BCUT2D eigenvalue weighted by atomic mass is 10.00. The molecule has 0 spiro atoms. The molecule has 0 fully saturated rings. The molecule has 0 aliphatic rings. The Kier molecular flexibility index (Phi) is 5.30. The van der Waals surface area contributed by atoms with E-state index in [0.717, 1.165) is 12.0 Å². The summed E-state index contributed by atoms with van der Waals surface area (Å²) < 4.78 is 29.3. The first-order valence-corrected chi connectivity index (χ1v) is 7.88. The number of rotatable bonds is 7. The number of hydrogen-bond acceptors (Lipinski definition) is 4. The van der Waals surface area contributed by atoms with Crippen LogP contribution < -0.4 is 0 Å². The van der Waals surface area contributed by atoms with Crippen molar-refractivity contribution in [1.29, 1.82) is 0 Å². The van der Waals surface area contributed by atoms with Gasteiger partial charge in [0.1, 0.15) is 0 Å². The minimum absolute atomic E-state index is 0.0351. The molecule has 112 valence electrons. The zero-order chi connectivity index (χ0) is 15.4. The third-order valence-electron chi connectivity index (χ3n) is 3.06. The summed E-state index contributed by atoms with van der Waals surface area (Å²) in [6.45, 7) is 5.02. The summed E-state index contributed by atoms with van der Waals surface area (Å²) in [5.41, 5.74) is -0.823. The van der Waals surface area contributed by atoms with Gasteiger partial charge in [-0.15, -0.1) is 0 Å². The number of aliphatic carboxylic acids is 1. The number of benzene rings is 1. The van der Waals surface area contributed by atoms with Gasteiger partial charge >= 0.3 is 5.97 Å². The maximum absolute atomic E-state index is 12.1. The molecule has 0 bridgehead atoms. The zero-order valence-corrected chi connectivity index (χ0v) is 12.7. The van der Waals surface area contributed by atoms with Crippen molar-refractivity contribution in [2.75, 3.05) is 0 Å². The molecular weight excluding hydrogens is 280 g/mol. The Bertz CT molecular complexity index is 562. The summed E-state index contributed by atoms with van der Waals surface area (Å²) in [6.07, 6.45) is 1.48. The van der Waals surface area contributed by atoms with Crippen LogP contribution in [0.15, 0.2) is 29.2 Å². The molecule has 1 N–H and O–H groups in total. The molecule has 1 atom stereocenters. The van der Waals surface area contributed by atoms with E-state index >= 15 is 0 Å². The summed E-state index contributed by atoms with van der Waals surface area (Å²) in [6, 6.07) is 6.10. The van der Waals surface area contributed by atoms with E-state index in [0.29, 0.717) is 6.42 Å². The fourth-order valence-electron chi connectivity index (χ4n) is 1.69. The largest absolute Gasteiger partial charge is 0.479 e. The molecule has 0 heterocycles. The van der Waals surface area contributed by atoms with Crippen LogP contribution >= 0.6 is 0 Å². The molecule has 1 rings (SSSR count). The molecule has 0 aromatic heterocycles. The van der Waals surface area contributed by atoms with E-state index in [4.69, 9.17) is 4.18 Å². The summed E-state index contributed by atoms with van der Waals surface area (Å²) in [5, 5.41) is 9.22. The summed E-state index contributed by atoms with van der Waals surface area (Å²) in [5.74, 6) is -1.28. The minimum atomic E-state index is -4.09. The van der Waals surface area contributed by atoms with Gasteiger partial charge in [-0.1, -0.05) is 37.5 Å². The Morgan fingerprint density at radius 3 is 2.30 bits per heavy atom. The zero-order valence-electron chi connectivity index (χ0n) is 11.9. The molecule has 0 saturated heterocycles. The number of unbranched alkanes of at least 4 members (excludes halogenated alkanes) is 1. The number of carboxylic acids is 1. The molecule has 0 amide bonds. The van der Waals surface area contributed by atoms with Crippen molar-refractivity contribution in [1.82, 2.24) is 0 Å². The SMILES string of the molecule is CCCCC(C)(OS(=O)(=O)c1ccc(C)cc1)C(=O)O. The third kappa shape index (κ3) is 4.05. The van der Waals surface area contributed by atoms with Crippen molar-refractivity contribution < 1.29 is 22.5 Å². The predicted octanol–water partition coefficient (Wildman–Crippen LogP) is 2.73. The van der Waals surface area contributed by atoms with Crippen molar-refractivity contribution >= 4 is 16.1 Å². The first kappa shape index (κ1) is 16.7. The van der Waals surface area contributed by atoms with Crippen molar-refractivity contribution in [3.63, 3.8) is 0 Å². The summed E-state index contributed by atoms with van der Waals surface area (Å²) >= 11 is 0. The van der Waals surface area contributed by atoms with E-state index in [1.54, 1.807) is 12.1 Å². The fourth-order valence-corrected chi connectivity index (χ4v) is 2.90. The van der Waals surface area contributed by atoms with Crippen LogP contribution in [0.4, 0.5) is 0 Å². The highest BCUT2D eigenvalue weighted by molar-refractivity contribution is 7.86. The first-order valence-electron chi connectivity index (χ1n) is 6.47. The molecule has 0 saturated carbocycles. The molecular formula is C14H20O5S. The molecule has 1 aromatic carbocycles. The number of carbonyl (C=O) groups is 1. The van der Waals surface area contributed by atoms with Crippen LogP contribution in [0, 0.1) is 6.92 Å². The lowest BCUT2D eigenvalue weighted by molar-refractivity contribution is -0.154. The van der Waals surface area contributed by atoms with Gasteiger partial charge in [-0.3, -0.25) is 0 Å². The van der Waals surface area contributed by atoms with Crippen LogP contribution in [0.2, 0.25) is 0 Å². The monoisotopic (exact) mass is 300 g/mol. The Hall–Kier alpha value is -1.40. The highest BCUT2D eigenvalue weighted by atomic mass is 32.2. The third-order valence-corrected chi connectivity index (χ3v) is 4.50. The van der Waals surface area contributed by atoms with Gasteiger partial charge in [-0.25, -0.2) is 8.98 Å². The molecule has 0 aliphatic carbocycles. The van der Waals surface area contributed by atoms with E-state index < -0.39 is 21.7 Å². The molecule has 0 aliphatic heterocycles. The van der Waals surface area contributed by atoms with E-state index in [9.17, 15) is 18.3 Å². The van der Waals surface area contributed by atoms with Gasteiger partial charge in [0.2, 0.25) is 0 Å². The Morgan fingerprint density at radius 2 is 1.85 bits per heavy atom. The fraction of sp³-hybridized carbons (Fsp3) is 0.500. The number of carboxylic acid groups (broad SMARTS) is 1. The average Bonchev–Trinajstić information content (AvgIpc) is 2.36. The maximum atomic E-state index is 12.1. The molecule has 1 unspecified atom stereocenters. The lowest BCUT2D eigenvalue weighted by Gasteiger charge is -2.24. The Balaban J connectivity index is 3.03. The molecule has 20 heavy (non-hydrogen) atoms. The van der Waals surface area contributed by atoms with Gasteiger partial charge in [0, 0.05) is 0 Å². The van der Waals surface area contributed by atoms with E-state index in [-0.39, 0.29) is 11.3 Å². The second-order valence-electron chi connectivity index (χ2n) is 4.99. The maximum Gasteiger partial charge on any atom is 0.337 e. The van der Waals surface area contributed by atoms with Crippen LogP contribution in [0.5, 0.6) is 0 Å². The Labute approximate surface area is 119 Å². The Morgan fingerprint density at radius 1 is 1.30 bits per heavy atom. The van der Waals surface area contributed by atoms with Gasteiger partial charge in [0.05, 0.1) is 4.90 Å². The van der Waals surface area contributed by atoms with Gasteiger partial charge in [0.25, 0.3) is 10.1 Å². The van der Waals surface area contributed by atoms with Gasteiger partial charge in [-0.2, -0.15) is 8.42 Å². The number of hydrogen-bond donors (Lipinski definition) is 1. The van der Waals surface area contributed by atoms with Gasteiger partial charge < -0.3 is 5.11 Å². The van der Waals surface area contributed by atoms with Crippen LogP contribution in [-0.2, 0) is 19.1 Å². The van der Waals surface area contributed by atoms with E-state index in [1.165, 1.54) is 19.1 Å². The van der Waals surface area contributed by atoms with Crippen LogP contribution in [-0.4, -0.2) is 25.1 Å². The quantitative estimate of drug-likeness (QED) is 0.783. The lowest BCUT2D eigenvalue weighted by Crippen LogP contribution is -2.40. The first-order chi connectivity index (χ1) is 9.21. The summed E-state index contributed by atoms with van der Waals surface area (Å²) in [7, 11) is -4.09.